The predicted octanol–water partition coefficient (Wildman–Crippen LogP) is 1.69. The van der Waals surface area contributed by atoms with Crippen LogP contribution < -0.4 is 5.73 Å². The van der Waals surface area contributed by atoms with Gasteiger partial charge in [-0.15, -0.1) is 0 Å². The van der Waals surface area contributed by atoms with E-state index in [9.17, 15) is 4.39 Å². The van der Waals surface area contributed by atoms with Gasteiger partial charge < -0.3 is 10.6 Å². The Bertz CT molecular complexity index is 194. The van der Waals surface area contributed by atoms with Crippen LogP contribution in [-0.4, -0.2) is 36.2 Å². The normalized spacial score (nSPS) is 36.4. The molecule has 0 aromatic carbocycles. The Labute approximate surface area is 85.6 Å². The molecule has 0 aromatic heterocycles. The lowest BCUT2D eigenvalue weighted by atomic mass is 9.91. The van der Waals surface area contributed by atoms with Gasteiger partial charge in [0.2, 0.25) is 0 Å². The molecule has 2 aliphatic rings. The van der Waals surface area contributed by atoms with Crippen molar-refractivity contribution >= 4 is 0 Å². The van der Waals surface area contributed by atoms with Crippen molar-refractivity contribution in [3.05, 3.63) is 0 Å². The summed E-state index contributed by atoms with van der Waals surface area (Å²) in [6.45, 7) is 1.78. The Kier molecular flexibility index (Phi) is 3.07. The van der Waals surface area contributed by atoms with Crippen LogP contribution in [0.5, 0.6) is 0 Å². The summed E-state index contributed by atoms with van der Waals surface area (Å²) in [4.78, 5) is 2.52. The molecule has 0 aromatic rings. The first-order valence-electron chi connectivity index (χ1n) is 5.82. The average Bonchev–Trinajstić information content (AvgIpc) is 2.27. The zero-order valence-electron chi connectivity index (χ0n) is 8.84. The second kappa shape index (κ2) is 4.15. The van der Waals surface area contributed by atoms with E-state index in [1.165, 1.54) is 19.3 Å². The molecule has 2 fully saturated rings. The summed E-state index contributed by atoms with van der Waals surface area (Å²) in [5.41, 5.74) is 5.46. The molecular weight excluding hydrogens is 179 g/mol. The smallest absolute Gasteiger partial charge is 0.107 e. The summed E-state index contributed by atoms with van der Waals surface area (Å²) in [7, 11) is 0. The Hall–Kier alpha value is -0.150. The fourth-order valence-electron chi connectivity index (χ4n) is 2.49. The SMILES string of the molecule is NC1(CF)CCCN(C2CCC2)CC1. The Morgan fingerprint density at radius 3 is 2.57 bits per heavy atom. The fraction of sp³-hybridized carbons (Fsp3) is 1.00. The van der Waals surface area contributed by atoms with E-state index < -0.39 is 5.54 Å². The molecule has 2 N–H and O–H groups in total. The zero-order chi connectivity index (χ0) is 10.0. The lowest BCUT2D eigenvalue weighted by molar-refractivity contribution is 0.128. The fourth-order valence-corrected chi connectivity index (χ4v) is 2.49. The lowest BCUT2D eigenvalue weighted by Crippen LogP contribution is -2.45. The van der Waals surface area contributed by atoms with E-state index in [4.69, 9.17) is 5.73 Å². The van der Waals surface area contributed by atoms with Crippen molar-refractivity contribution in [1.29, 1.82) is 0 Å². The van der Waals surface area contributed by atoms with E-state index >= 15 is 0 Å². The molecule has 1 heterocycles. The van der Waals surface area contributed by atoms with Gasteiger partial charge in [0.25, 0.3) is 0 Å². The highest BCUT2D eigenvalue weighted by Gasteiger charge is 2.32. The molecule has 1 saturated carbocycles. The lowest BCUT2D eigenvalue weighted by Gasteiger charge is -2.37. The molecule has 0 radical (unpaired) electrons. The second-order valence-corrected chi connectivity index (χ2v) is 4.97. The minimum atomic E-state index is -0.515. The van der Waals surface area contributed by atoms with Crippen molar-refractivity contribution in [2.45, 2.75) is 50.1 Å². The minimum absolute atomic E-state index is 0.356. The van der Waals surface area contributed by atoms with Gasteiger partial charge in [0.15, 0.2) is 0 Å². The van der Waals surface area contributed by atoms with Crippen molar-refractivity contribution in [1.82, 2.24) is 4.90 Å². The molecule has 1 unspecified atom stereocenters. The maximum Gasteiger partial charge on any atom is 0.107 e. The van der Waals surface area contributed by atoms with Gasteiger partial charge in [-0.05, 0) is 38.6 Å². The summed E-state index contributed by atoms with van der Waals surface area (Å²) in [6, 6.07) is 0.789. The maximum absolute atomic E-state index is 12.7. The topological polar surface area (TPSA) is 29.3 Å². The van der Waals surface area contributed by atoms with Crippen LogP contribution in [0.3, 0.4) is 0 Å². The molecule has 2 rings (SSSR count). The van der Waals surface area contributed by atoms with E-state index in [2.05, 4.69) is 4.90 Å². The number of nitrogens with zero attached hydrogens (tertiary/aromatic N) is 1. The quantitative estimate of drug-likeness (QED) is 0.735. The molecule has 1 aliphatic carbocycles. The van der Waals surface area contributed by atoms with E-state index in [1.807, 2.05) is 0 Å². The first-order valence-corrected chi connectivity index (χ1v) is 5.82. The van der Waals surface area contributed by atoms with Crippen LogP contribution in [0, 0.1) is 0 Å². The van der Waals surface area contributed by atoms with Gasteiger partial charge in [-0.1, -0.05) is 6.42 Å². The zero-order valence-corrected chi connectivity index (χ0v) is 8.84. The highest BCUT2D eigenvalue weighted by molar-refractivity contribution is 4.90. The molecule has 2 nitrogen and oxygen atoms in total. The number of rotatable bonds is 2. The summed E-state index contributed by atoms with van der Waals surface area (Å²) in [5, 5.41) is 0. The Morgan fingerprint density at radius 2 is 2.00 bits per heavy atom. The van der Waals surface area contributed by atoms with E-state index in [0.717, 1.165) is 38.4 Å². The molecule has 3 heteroatoms. The van der Waals surface area contributed by atoms with Gasteiger partial charge in [-0.25, -0.2) is 4.39 Å². The van der Waals surface area contributed by atoms with E-state index in [-0.39, 0.29) is 6.67 Å². The van der Waals surface area contributed by atoms with Crippen LogP contribution in [0.1, 0.15) is 38.5 Å². The Morgan fingerprint density at radius 1 is 1.21 bits per heavy atom. The highest BCUT2D eigenvalue weighted by atomic mass is 19.1. The second-order valence-electron chi connectivity index (χ2n) is 4.97. The van der Waals surface area contributed by atoms with Gasteiger partial charge in [-0.2, -0.15) is 0 Å². The van der Waals surface area contributed by atoms with E-state index in [0.29, 0.717) is 0 Å². The maximum atomic E-state index is 12.7. The third kappa shape index (κ3) is 2.09. The molecule has 14 heavy (non-hydrogen) atoms. The largest absolute Gasteiger partial charge is 0.323 e. The summed E-state index contributed by atoms with van der Waals surface area (Å²) < 4.78 is 12.7. The molecule has 0 amide bonds. The summed E-state index contributed by atoms with van der Waals surface area (Å²) in [5.74, 6) is 0. The molecule has 1 aliphatic heterocycles. The first-order chi connectivity index (χ1) is 6.73. The number of halogens is 1. The van der Waals surface area contributed by atoms with Crippen LogP contribution in [-0.2, 0) is 0 Å². The Balaban J connectivity index is 1.87. The van der Waals surface area contributed by atoms with Crippen molar-refractivity contribution in [2.75, 3.05) is 19.8 Å². The number of hydrogen-bond donors (Lipinski definition) is 1. The van der Waals surface area contributed by atoms with Gasteiger partial charge in [0.05, 0.1) is 0 Å². The first kappa shape index (κ1) is 10.4. The van der Waals surface area contributed by atoms with Gasteiger partial charge in [0.1, 0.15) is 6.67 Å². The number of likely N-dealkylation sites (tertiary alicyclic amines) is 1. The minimum Gasteiger partial charge on any atom is -0.323 e. The molecule has 1 atom stereocenters. The third-order valence-corrected chi connectivity index (χ3v) is 3.87. The monoisotopic (exact) mass is 200 g/mol. The summed E-state index contributed by atoms with van der Waals surface area (Å²) >= 11 is 0. The van der Waals surface area contributed by atoms with Crippen molar-refractivity contribution < 1.29 is 4.39 Å². The summed E-state index contributed by atoms with van der Waals surface area (Å²) in [6.07, 6.45) is 6.81. The standard InChI is InChI=1S/C11H21FN2/c12-9-11(13)5-2-7-14(8-6-11)10-3-1-4-10/h10H,1-9,13H2. The average molecular weight is 200 g/mol. The van der Waals surface area contributed by atoms with Crippen LogP contribution in [0.2, 0.25) is 0 Å². The van der Waals surface area contributed by atoms with Crippen LogP contribution in [0.4, 0.5) is 4.39 Å². The van der Waals surface area contributed by atoms with Gasteiger partial charge in [0, 0.05) is 18.1 Å². The van der Waals surface area contributed by atoms with Crippen LogP contribution in [0.15, 0.2) is 0 Å². The molecule has 0 spiro atoms. The molecule has 82 valence electrons. The third-order valence-electron chi connectivity index (χ3n) is 3.87. The van der Waals surface area contributed by atoms with Gasteiger partial charge >= 0.3 is 0 Å². The molecule has 0 bridgehead atoms. The molecular formula is C11H21FN2. The van der Waals surface area contributed by atoms with E-state index in [1.54, 1.807) is 0 Å². The predicted molar refractivity (Wildman–Crippen MR) is 56.0 cm³/mol. The van der Waals surface area contributed by atoms with Gasteiger partial charge in [-0.3, -0.25) is 0 Å². The molecule has 1 saturated heterocycles. The van der Waals surface area contributed by atoms with Crippen molar-refractivity contribution in [3.63, 3.8) is 0 Å². The number of nitrogens with two attached hydrogens (primary N) is 1. The van der Waals surface area contributed by atoms with Crippen molar-refractivity contribution in [2.24, 2.45) is 5.73 Å². The van der Waals surface area contributed by atoms with Crippen LogP contribution >= 0.6 is 0 Å². The van der Waals surface area contributed by atoms with Crippen LogP contribution in [0.25, 0.3) is 0 Å². The highest BCUT2D eigenvalue weighted by Crippen LogP contribution is 2.29. The van der Waals surface area contributed by atoms with Crippen molar-refractivity contribution in [3.8, 4) is 0 Å². The number of alkyl halides is 1. The number of hydrogen-bond acceptors (Lipinski definition) is 2.